The first-order chi connectivity index (χ1) is 8.45. The predicted octanol–water partition coefficient (Wildman–Crippen LogP) is -5.72. The third-order valence-electron chi connectivity index (χ3n) is 2.72. The van der Waals surface area contributed by atoms with Crippen LogP contribution in [0.1, 0.15) is 0 Å². The SMILES string of the molecule is O=C1NC(=O)N([C@@H]2O[C@H]([I-]O)[C@@H](O)[C@H]2O)CC1F. The van der Waals surface area contributed by atoms with Gasteiger partial charge < -0.3 is 0 Å². The van der Waals surface area contributed by atoms with E-state index in [1.54, 1.807) is 5.32 Å². The van der Waals surface area contributed by atoms with E-state index in [1.807, 2.05) is 0 Å². The molecule has 1 unspecified atom stereocenters. The molecule has 2 aliphatic rings. The van der Waals surface area contributed by atoms with Crippen LogP contribution < -0.4 is 26.9 Å². The Hall–Kier alpha value is -0.560. The third kappa shape index (κ3) is 2.30. The van der Waals surface area contributed by atoms with Crippen LogP contribution in [0.15, 0.2) is 0 Å². The molecule has 2 aliphatic heterocycles. The molecule has 0 radical (unpaired) electrons. The zero-order chi connectivity index (χ0) is 13.4. The van der Waals surface area contributed by atoms with Crippen molar-refractivity contribution in [1.29, 1.82) is 0 Å². The topological polar surface area (TPSA) is 119 Å². The molecule has 2 rings (SSSR count). The van der Waals surface area contributed by atoms with Crippen LogP contribution in [-0.2, 0) is 9.53 Å². The van der Waals surface area contributed by atoms with Crippen LogP contribution in [0.25, 0.3) is 0 Å². The second kappa shape index (κ2) is 5.21. The molecule has 10 heteroatoms. The molecule has 0 bridgehead atoms. The Labute approximate surface area is 112 Å². The fourth-order valence-corrected chi connectivity index (χ4v) is 2.96. The molecule has 104 valence electrons. The molecule has 18 heavy (non-hydrogen) atoms. The van der Waals surface area contributed by atoms with E-state index < -0.39 is 68.8 Å². The van der Waals surface area contributed by atoms with Gasteiger partial charge in [0.2, 0.25) is 0 Å². The number of aliphatic hydroxyl groups excluding tert-OH is 2. The maximum atomic E-state index is 13.2. The van der Waals surface area contributed by atoms with Crippen LogP contribution in [0.2, 0.25) is 0 Å². The number of ether oxygens (including phenoxy) is 1. The van der Waals surface area contributed by atoms with Gasteiger partial charge in [0.05, 0.1) is 0 Å². The molecule has 0 aromatic heterocycles. The monoisotopic (exact) mass is 377 g/mol. The van der Waals surface area contributed by atoms with Crippen LogP contribution in [0.4, 0.5) is 9.18 Å². The third-order valence-corrected chi connectivity index (χ3v) is 4.30. The summed E-state index contributed by atoms with van der Waals surface area (Å²) in [6, 6.07) is -0.901. The molecule has 2 fully saturated rings. The Morgan fingerprint density at radius 3 is 2.61 bits per heavy atom. The average Bonchev–Trinajstić information content (AvgIpc) is 2.61. The number of hydrogen-bond donors (Lipinski definition) is 4. The van der Waals surface area contributed by atoms with Crippen molar-refractivity contribution in [3.8, 4) is 0 Å². The van der Waals surface area contributed by atoms with Crippen molar-refractivity contribution in [3.63, 3.8) is 0 Å². The minimum absolute atomic E-state index is 0.560. The molecule has 2 heterocycles. The first-order valence-corrected chi connectivity index (χ1v) is 7.21. The average molecular weight is 377 g/mol. The van der Waals surface area contributed by atoms with Crippen molar-refractivity contribution in [2.45, 2.75) is 28.7 Å². The van der Waals surface area contributed by atoms with Crippen molar-refractivity contribution in [1.82, 2.24) is 10.2 Å². The van der Waals surface area contributed by atoms with Gasteiger partial charge in [-0.1, -0.05) is 0 Å². The molecule has 2 saturated heterocycles. The van der Waals surface area contributed by atoms with Crippen molar-refractivity contribution in [2.24, 2.45) is 0 Å². The predicted molar refractivity (Wildman–Crippen MR) is 48.0 cm³/mol. The van der Waals surface area contributed by atoms with Gasteiger partial charge in [-0.2, -0.15) is 0 Å². The van der Waals surface area contributed by atoms with E-state index in [4.69, 9.17) is 8.17 Å². The molecule has 5 atom stereocenters. The molecule has 8 nitrogen and oxygen atoms in total. The van der Waals surface area contributed by atoms with Crippen LogP contribution in [-0.4, -0.2) is 65.8 Å². The van der Waals surface area contributed by atoms with E-state index in [0.717, 1.165) is 4.90 Å². The van der Waals surface area contributed by atoms with Crippen molar-refractivity contribution in [3.05, 3.63) is 0 Å². The van der Waals surface area contributed by atoms with Crippen LogP contribution in [0, 0.1) is 0 Å². The Kier molecular flexibility index (Phi) is 4.01. The summed E-state index contributed by atoms with van der Waals surface area (Å²) in [6.07, 6.45) is -5.98. The van der Waals surface area contributed by atoms with Gasteiger partial charge in [0.1, 0.15) is 0 Å². The Morgan fingerprint density at radius 1 is 1.39 bits per heavy atom. The molecule has 0 spiro atoms. The summed E-state index contributed by atoms with van der Waals surface area (Å²) >= 11 is -1.50. The zero-order valence-electron chi connectivity index (χ0n) is 8.86. The van der Waals surface area contributed by atoms with Gasteiger partial charge in [-0.25, -0.2) is 0 Å². The van der Waals surface area contributed by atoms with Crippen LogP contribution in [0.5, 0.6) is 0 Å². The number of halogens is 2. The van der Waals surface area contributed by atoms with Gasteiger partial charge >= 0.3 is 111 Å². The number of alkyl halides is 2. The number of urea groups is 1. The molecular weight excluding hydrogens is 366 g/mol. The van der Waals surface area contributed by atoms with E-state index in [1.165, 1.54) is 0 Å². The summed E-state index contributed by atoms with van der Waals surface area (Å²) in [5, 5.41) is 21.0. The fraction of sp³-hybridized carbons (Fsp3) is 0.750. The normalized spacial score (nSPS) is 41.3. The number of carbonyl (C=O) groups excluding carboxylic acids is 2. The zero-order valence-corrected chi connectivity index (χ0v) is 11.0. The molecule has 0 aromatic rings. The second-order valence-corrected chi connectivity index (χ2v) is 5.66. The van der Waals surface area contributed by atoms with Gasteiger partial charge in [-0.15, -0.1) is 0 Å². The number of amides is 3. The first-order valence-electron chi connectivity index (χ1n) is 5.00. The number of nitrogens with zero attached hydrogens (tertiary/aromatic N) is 1. The summed E-state index contributed by atoms with van der Waals surface area (Å²) in [7, 11) is 0. The van der Waals surface area contributed by atoms with Gasteiger partial charge in [-0.05, 0) is 0 Å². The standard InChI is InChI=1S/C8H11FIN2O6/c9-2-1-12(8(16)11-6(2)15)7-4(14)3(13)5(10-17)18-7/h2-5,7,13-14,17H,1H2,(H,11,15,16)/q-1/t2?,3-,4+,5-,7+/m0/s1. The second-order valence-electron chi connectivity index (χ2n) is 3.87. The van der Waals surface area contributed by atoms with Gasteiger partial charge in [0.15, 0.2) is 0 Å². The Balaban J connectivity index is 2.12. The molecular formula is C8H11FIN2O6-. The minimum atomic E-state index is -1.92. The van der Waals surface area contributed by atoms with E-state index in [0.29, 0.717) is 0 Å². The van der Waals surface area contributed by atoms with E-state index in [9.17, 15) is 24.2 Å². The van der Waals surface area contributed by atoms with E-state index in [-0.39, 0.29) is 0 Å². The van der Waals surface area contributed by atoms with Crippen LogP contribution >= 0.6 is 0 Å². The summed E-state index contributed by atoms with van der Waals surface area (Å²) < 4.78 is 26.4. The van der Waals surface area contributed by atoms with Crippen molar-refractivity contribution in [2.75, 3.05) is 6.54 Å². The van der Waals surface area contributed by atoms with Gasteiger partial charge in [0.25, 0.3) is 0 Å². The number of imide groups is 1. The number of aliphatic hydroxyl groups is 2. The summed E-state index contributed by atoms with van der Waals surface area (Å²) in [5.74, 6) is -1.05. The van der Waals surface area contributed by atoms with Crippen LogP contribution in [0.3, 0.4) is 0 Å². The first kappa shape index (κ1) is 13.9. The number of nitrogens with one attached hydrogen (secondary N) is 1. The van der Waals surface area contributed by atoms with Gasteiger partial charge in [-0.3, -0.25) is 0 Å². The molecule has 0 saturated carbocycles. The Bertz CT molecular complexity index is 371. The summed E-state index contributed by atoms with van der Waals surface area (Å²) in [6.45, 7) is -0.560. The Morgan fingerprint density at radius 2 is 2.06 bits per heavy atom. The molecule has 4 N–H and O–H groups in total. The molecule has 0 aromatic carbocycles. The van der Waals surface area contributed by atoms with E-state index in [2.05, 4.69) is 0 Å². The number of hydrogen-bond acceptors (Lipinski definition) is 6. The summed E-state index contributed by atoms with van der Waals surface area (Å²) in [5.41, 5.74) is 0. The van der Waals surface area contributed by atoms with Crippen molar-refractivity contribution >= 4 is 11.9 Å². The van der Waals surface area contributed by atoms with Gasteiger partial charge in [0, 0.05) is 0 Å². The van der Waals surface area contributed by atoms with E-state index >= 15 is 0 Å². The van der Waals surface area contributed by atoms with Crippen molar-refractivity contribution < 1.29 is 54.0 Å². The molecule has 0 aliphatic carbocycles. The maximum absolute atomic E-state index is 13.2. The number of rotatable bonds is 2. The number of carbonyl (C=O) groups is 2. The molecule has 3 amide bonds. The fourth-order valence-electron chi connectivity index (χ4n) is 1.77. The summed E-state index contributed by atoms with van der Waals surface area (Å²) in [4.78, 5) is 23.2. The quantitative estimate of drug-likeness (QED) is 0.281.